The highest BCUT2D eigenvalue weighted by molar-refractivity contribution is 5.35. The second-order valence-electron chi connectivity index (χ2n) is 2.05. The van der Waals surface area contributed by atoms with Crippen molar-refractivity contribution in [1.29, 1.82) is 0 Å². The fourth-order valence-electron chi connectivity index (χ4n) is 0.679. The van der Waals surface area contributed by atoms with Crippen molar-refractivity contribution in [3.63, 3.8) is 0 Å². The summed E-state index contributed by atoms with van der Waals surface area (Å²) in [5.41, 5.74) is 1.50. The Labute approximate surface area is 55.0 Å². The number of aryl methyl sites for hydroxylation is 1. The van der Waals surface area contributed by atoms with Gasteiger partial charge in [0.2, 0.25) is 0 Å². The Balaban J connectivity index is 3.17. The molecule has 0 aromatic heterocycles. The lowest BCUT2D eigenvalue weighted by molar-refractivity contribution is 0.471. The van der Waals surface area contributed by atoms with Crippen molar-refractivity contribution in [2.75, 3.05) is 0 Å². The quantitative estimate of drug-likeness (QED) is 0.553. The maximum Gasteiger partial charge on any atom is 0.118 e. The minimum Gasteiger partial charge on any atom is -0.508 e. The zero-order valence-corrected chi connectivity index (χ0v) is 5.26. The van der Waals surface area contributed by atoms with Crippen LogP contribution in [0, 0.1) is 13.8 Å². The monoisotopic (exact) mass is 120 g/mol. The molecule has 1 aromatic rings. The van der Waals surface area contributed by atoms with Crippen molar-refractivity contribution in [1.82, 2.24) is 0 Å². The smallest absolute Gasteiger partial charge is 0.118 e. The van der Waals surface area contributed by atoms with Crippen molar-refractivity contribution < 1.29 is 5.11 Å². The first-order valence-corrected chi connectivity index (χ1v) is 2.75. The van der Waals surface area contributed by atoms with Crippen LogP contribution in [0.4, 0.5) is 0 Å². The molecule has 9 heavy (non-hydrogen) atoms. The number of aromatic hydroxyl groups is 1. The average molecular weight is 120 g/mol. The maximum absolute atomic E-state index is 8.99. The van der Waals surface area contributed by atoms with Crippen molar-refractivity contribution in [3.05, 3.63) is 36.2 Å². The molecule has 1 heteroatoms. The topological polar surface area (TPSA) is 20.2 Å². The largest absolute Gasteiger partial charge is 0.508 e. The van der Waals surface area contributed by atoms with Gasteiger partial charge in [0.25, 0.3) is 0 Å². The molecule has 0 saturated heterocycles. The third-order valence-electron chi connectivity index (χ3n) is 1.22. The van der Waals surface area contributed by atoms with Gasteiger partial charge in [0.05, 0.1) is 0 Å². The molecular weight excluding hydrogens is 112 g/mol. The number of phenolic OH excluding ortho intramolecular Hbond substituents is 1. The third-order valence-corrected chi connectivity index (χ3v) is 1.22. The van der Waals surface area contributed by atoms with Gasteiger partial charge in [-0.1, -0.05) is 12.1 Å². The molecule has 0 heterocycles. The van der Waals surface area contributed by atoms with Crippen LogP contribution in [0.25, 0.3) is 0 Å². The van der Waals surface area contributed by atoms with Gasteiger partial charge >= 0.3 is 0 Å². The maximum atomic E-state index is 8.99. The molecule has 1 nitrogen and oxygen atoms in total. The van der Waals surface area contributed by atoms with E-state index in [2.05, 4.69) is 0 Å². The lowest BCUT2D eigenvalue weighted by Gasteiger charge is -1.96. The first-order chi connectivity index (χ1) is 4.20. The molecule has 0 atom stereocenters. The van der Waals surface area contributed by atoms with Crippen molar-refractivity contribution in [2.45, 2.75) is 6.92 Å². The van der Waals surface area contributed by atoms with Crippen LogP contribution >= 0.6 is 0 Å². The van der Waals surface area contributed by atoms with Gasteiger partial charge < -0.3 is 5.11 Å². The Morgan fingerprint density at radius 3 is 2.56 bits per heavy atom. The highest BCUT2D eigenvalue weighted by Gasteiger charge is 1.91. The first kappa shape index (κ1) is 6.14. The predicted octanol–water partition coefficient (Wildman–Crippen LogP) is 1.76. The molecular formula is C8H8O. The second kappa shape index (κ2) is 2.09. The molecule has 0 fully saturated rings. The Morgan fingerprint density at radius 1 is 1.44 bits per heavy atom. The summed E-state index contributed by atoms with van der Waals surface area (Å²) < 4.78 is 0. The molecule has 46 valence electrons. The third kappa shape index (κ3) is 1.22. The fraction of sp³-hybridized carbons (Fsp3) is 0.125. The van der Waals surface area contributed by atoms with E-state index in [9.17, 15) is 0 Å². The van der Waals surface area contributed by atoms with Crippen LogP contribution in [-0.2, 0) is 0 Å². The van der Waals surface area contributed by atoms with Gasteiger partial charge in [0.15, 0.2) is 0 Å². The van der Waals surface area contributed by atoms with Crippen LogP contribution in [0.2, 0.25) is 0 Å². The second-order valence-corrected chi connectivity index (χ2v) is 2.05. The summed E-state index contributed by atoms with van der Waals surface area (Å²) in [7, 11) is 0. The van der Waals surface area contributed by atoms with Crippen molar-refractivity contribution >= 4 is 0 Å². The summed E-state index contributed by atoms with van der Waals surface area (Å²) in [5, 5.41) is 8.99. The molecule has 1 rings (SSSR count). The zero-order chi connectivity index (χ0) is 6.85. The van der Waals surface area contributed by atoms with Gasteiger partial charge in [-0.3, -0.25) is 0 Å². The molecule has 0 spiro atoms. The van der Waals surface area contributed by atoms with Crippen LogP contribution in [-0.4, -0.2) is 5.11 Å². The number of hydrogen-bond donors (Lipinski definition) is 1. The summed E-state index contributed by atoms with van der Waals surface area (Å²) in [6.07, 6.45) is 0. The minimum atomic E-state index is 0.296. The van der Waals surface area contributed by atoms with Crippen LogP contribution < -0.4 is 0 Å². The van der Waals surface area contributed by atoms with Gasteiger partial charge in [0, 0.05) is 0 Å². The minimum absolute atomic E-state index is 0.296. The van der Waals surface area contributed by atoms with E-state index in [0.29, 0.717) is 11.3 Å². The summed E-state index contributed by atoms with van der Waals surface area (Å²) in [5.74, 6) is 0.296. The zero-order valence-electron chi connectivity index (χ0n) is 5.26. The average Bonchev–Trinajstić information content (AvgIpc) is 1.80. The van der Waals surface area contributed by atoms with E-state index in [1.165, 1.54) is 0 Å². The van der Waals surface area contributed by atoms with Gasteiger partial charge in [-0.15, -0.1) is 0 Å². The molecule has 0 bridgehead atoms. The summed E-state index contributed by atoms with van der Waals surface area (Å²) >= 11 is 0. The van der Waals surface area contributed by atoms with E-state index in [4.69, 9.17) is 12.0 Å². The van der Waals surface area contributed by atoms with E-state index in [1.54, 1.807) is 18.2 Å². The van der Waals surface area contributed by atoms with Crippen LogP contribution in [0.1, 0.15) is 11.1 Å². The molecule has 0 aliphatic heterocycles. The molecule has 1 aromatic carbocycles. The number of phenols is 1. The van der Waals surface area contributed by atoms with Crippen LogP contribution in [0.5, 0.6) is 5.75 Å². The normalized spacial score (nSPS) is 9.56. The summed E-state index contributed by atoms with van der Waals surface area (Å²) in [6.45, 7) is 7.23. The van der Waals surface area contributed by atoms with Crippen LogP contribution in [0.15, 0.2) is 18.2 Å². The Hall–Kier alpha value is -0.980. The van der Waals surface area contributed by atoms with E-state index >= 15 is 0 Å². The van der Waals surface area contributed by atoms with Gasteiger partial charge in [-0.25, -0.2) is 0 Å². The van der Waals surface area contributed by atoms with Gasteiger partial charge in [0.1, 0.15) is 5.75 Å². The standard InChI is InChI=1S/C8H8O/c1-6-3-4-8(9)7(2)5-6/h1,3-5,9H,2H3. The predicted molar refractivity (Wildman–Crippen MR) is 36.2 cm³/mol. The molecule has 0 aliphatic rings. The number of rotatable bonds is 0. The van der Waals surface area contributed by atoms with Gasteiger partial charge in [-0.2, -0.15) is 0 Å². The first-order valence-electron chi connectivity index (χ1n) is 2.75. The van der Waals surface area contributed by atoms with E-state index in [1.807, 2.05) is 6.92 Å². The highest BCUT2D eigenvalue weighted by Crippen LogP contribution is 2.15. The molecule has 0 amide bonds. The molecule has 0 saturated carbocycles. The summed E-state index contributed by atoms with van der Waals surface area (Å²) in [6, 6.07) is 4.99. The SMILES string of the molecule is [CH]c1ccc(O)c(C)c1. The van der Waals surface area contributed by atoms with Crippen LogP contribution in [0.3, 0.4) is 0 Å². The van der Waals surface area contributed by atoms with E-state index in [-0.39, 0.29) is 0 Å². The number of hydrogen-bond acceptors (Lipinski definition) is 1. The van der Waals surface area contributed by atoms with E-state index in [0.717, 1.165) is 5.56 Å². The summed E-state index contributed by atoms with van der Waals surface area (Å²) in [4.78, 5) is 0. The Kier molecular flexibility index (Phi) is 1.43. The van der Waals surface area contributed by atoms with E-state index < -0.39 is 0 Å². The Morgan fingerprint density at radius 2 is 2.11 bits per heavy atom. The molecule has 1 N–H and O–H groups in total. The Bertz CT molecular complexity index is 216. The van der Waals surface area contributed by atoms with Crippen molar-refractivity contribution in [3.8, 4) is 5.75 Å². The van der Waals surface area contributed by atoms with Crippen molar-refractivity contribution in [2.24, 2.45) is 0 Å². The number of benzene rings is 1. The highest BCUT2D eigenvalue weighted by atomic mass is 16.3. The molecule has 0 unspecified atom stereocenters. The fourth-order valence-corrected chi connectivity index (χ4v) is 0.679. The van der Waals surface area contributed by atoms with Gasteiger partial charge in [-0.05, 0) is 31.0 Å². The molecule has 2 radical (unpaired) electrons. The lowest BCUT2D eigenvalue weighted by Crippen LogP contribution is -1.75. The molecule has 0 aliphatic carbocycles. The lowest BCUT2D eigenvalue weighted by atomic mass is 10.1.